The van der Waals surface area contributed by atoms with Crippen LogP contribution in [0.15, 0.2) is 66.7 Å². The third kappa shape index (κ3) is 1.99. The largest absolute Gasteiger partial charge is 0.465 e. The third-order valence-corrected chi connectivity index (χ3v) is 5.04. The number of carbonyl (C=O) groups is 2. The highest BCUT2D eigenvalue weighted by molar-refractivity contribution is 5.97. The van der Waals surface area contributed by atoms with Crippen LogP contribution in [-0.2, 0) is 15.1 Å². The molecule has 0 aliphatic carbocycles. The highest BCUT2D eigenvalue weighted by atomic mass is 16.6. The molecule has 2 aliphatic rings. The molecule has 0 N–H and O–H groups in total. The lowest BCUT2D eigenvalue weighted by Crippen LogP contribution is -2.33. The van der Waals surface area contributed by atoms with E-state index in [9.17, 15) is 9.59 Å². The fourth-order valence-electron chi connectivity index (χ4n) is 3.87. The average Bonchev–Trinajstić information content (AvgIpc) is 3.01. The van der Waals surface area contributed by atoms with E-state index < -0.39 is 11.6 Å². The summed E-state index contributed by atoms with van der Waals surface area (Å²) in [7, 11) is 1.33. The van der Waals surface area contributed by atoms with Gasteiger partial charge in [0.05, 0.1) is 18.2 Å². The van der Waals surface area contributed by atoms with Crippen LogP contribution < -0.4 is 4.74 Å². The van der Waals surface area contributed by atoms with Gasteiger partial charge in [-0.1, -0.05) is 36.4 Å². The molecule has 0 radical (unpaired) electrons. The topological polar surface area (TPSA) is 61.8 Å². The Morgan fingerprint density at radius 1 is 0.889 bits per heavy atom. The summed E-state index contributed by atoms with van der Waals surface area (Å²) < 4.78 is 16.9. The number of hydrogen-bond acceptors (Lipinski definition) is 5. The van der Waals surface area contributed by atoms with Gasteiger partial charge in [0, 0.05) is 16.7 Å². The van der Waals surface area contributed by atoms with E-state index in [1.807, 2.05) is 42.5 Å². The molecule has 5 rings (SSSR count). The van der Waals surface area contributed by atoms with Gasteiger partial charge >= 0.3 is 11.9 Å². The number of methoxy groups -OCH3 is 1. The van der Waals surface area contributed by atoms with Crippen LogP contribution in [-0.4, -0.2) is 19.0 Å². The number of rotatable bonds is 1. The molecule has 0 saturated heterocycles. The van der Waals surface area contributed by atoms with Crippen LogP contribution in [0.3, 0.4) is 0 Å². The molecule has 1 atom stereocenters. The summed E-state index contributed by atoms with van der Waals surface area (Å²) in [6.45, 7) is 0. The molecule has 5 nitrogen and oxygen atoms in total. The van der Waals surface area contributed by atoms with E-state index in [1.54, 1.807) is 24.3 Å². The lowest BCUT2D eigenvalue weighted by Gasteiger charge is -2.36. The Hall–Kier alpha value is -3.60. The van der Waals surface area contributed by atoms with Crippen LogP contribution in [0.4, 0.5) is 0 Å². The molecule has 5 heteroatoms. The van der Waals surface area contributed by atoms with E-state index >= 15 is 0 Å². The molecular weight excluding hydrogens is 344 g/mol. The summed E-state index contributed by atoms with van der Waals surface area (Å²) >= 11 is 0. The van der Waals surface area contributed by atoms with Gasteiger partial charge in [-0.25, -0.2) is 9.59 Å². The van der Waals surface area contributed by atoms with Crippen LogP contribution in [0.1, 0.15) is 37.4 Å². The highest BCUT2D eigenvalue weighted by Crippen LogP contribution is 2.55. The van der Waals surface area contributed by atoms with Gasteiger partial charge in [0.1, 0.15) is 11.5 Å². The Balaban J connectivity index is 1.83. The summed E-state index contributed by atoms with van der Waals surface area (Å²) in [4.78, 5) is 24.6. The van der Waals surface area contributed by atoms with Gasteiger partial charge in [-0.05, 0) is 30.3 Å². The van der Waals surface area contributed by atoms with E-state index in [-0.39, 0.29) is 5.97 Å². The van der Waals surface area contributed by atoms with E-state index in [0.717, 1.165) is 11.1 Å². The first-order chi connectivity index (χ1) is 13.1. The van der Waals surface area contributed by atoms with E-state index in [4.69, 9.17) is 14.2 Å². The molecule has 0 amide bonds. The first kappa shape index (κ1) is 15.6. The normalized spacial score (nSPS) is 18.8. The maximum absolute atomic E-state index is 12.6. The second-order valence-corrected chi connectivity index (χ2v) is 6.42. The summed E-state index contributed by atoms with van der Waals surface area (Å²) in [6, 6.07) is 19.8. The summed E-state index contributed by atoms with van der Waals surface area (Å²) in [5, 5.41) is 0. The number of ether oxygens (including phenoxy) is 3. The molecule has 1 unspecified atom stereocenters. The maximum Gasteiger partial charge on any atom is 0.340 e. The monoisotopic (exact) mass is 358 g/mol. The molecule has 132 valence electrons. The van der Waals surface area contributed by atoms with Crippen molar-refractivity contribution in [1.29, 1.82) is 0 Å². The van der Waals surface area contributed by atoms with E-state index in [1.165, 1.54) is 7.11 Å². The molecule has 2 heterocycles. The van der Waals surface area contributed by atoms with Crippen molar-refractivity contribution >= 4 is 11.9 Å². The van der Waals surface area contributed by atoms with Crippen molar-refractivity contribution in [2.45, 2.75) is 5.60 Å². The van der Waals surface area contributed by atoms with Gasteiger partial charge in [-0.2, -0.15) is 0 Å². The molecule has 1 spiro atoms. The highest BCUT2D eigenvalue weighted by Gasteiger charge is 2.53. The van der Waals surface area contributed by atoms with Crippen molar-refractivity contribution in [1.82, 2.24) is 0 Å². The minimum atomic E-state index is -1.10. The number of fused-ring (bicyclic) bond motifs is 6. The van der Waals surface area contributed by atoms with Gasteiger partial charge in [-0.3, -0.25) is 0 Å². The van der Waals surface area contributed by atoms with Gasteiger partial charge < -0.3 is 14.2 Å². The molecule has 27 heavy (non-hydrogen) atoms. The average molecular weight is 358 g/mol. The van der Waals surface area contributed by atoms with Crippen molar-refractivity contribution < 1.29 is 23.8 Å². The predicted octanol–water partition coefficient (Wildman–Crippen LogP) is 4.04. The quantitative estimate of drug-likeness (QED) is 0.615. The summed E-state index contributed by atoms with van der Waals surface area (Å²) in [5.41, 5.74) is 1.97. The Morgan fingerprint density at radius 2 is 1.59 bits per heavy atom. The van der Waals surface area contributed by atoms with Crippen molar-refractivity contribution in [3.63, 3.8) is 0 Å². The Bertz CT molecular complexity index is 1120. The minimum Gasteiger partial charge on any atom is -0.465 e. The predicted molar refractivity (Wildman–Crippen MR) is 96.0 cm³/mol. The Labute approximate surface area is 155 Å². The zero-order valence-electron chi connectivity index (χ0n) is 14.4. The van der Waals surface area contributed by atoms with Crippen LogP contribution in [0.25, 0.3) is 0 Å². The fourth-order valence-corrected chi connectivity index (χ4v) is 3.87. The SMILES string of the molecule is COC(=O)c1ccc2c(c1)Oc1ccccc1C21OC(=O)c2ccccc21. The molecule has 0 saturated carbocycles. The van der Waals surface area contributed by atoms with Crippen molar-refractivity contribution in [3.8, 4) is 11.5 Å². The summed E-state index contributed by atoms with van der Waals surface area (Å²) in [5.74, 6) is 0.195. The summed E-state index contributed by atoms with van der Waals surface area (Å²) in [6.07, 6.45) is 0. The van der Waals surface area contributed by atoms with Gasteiger partial charge in [0.25, 0.3) is 0 Å². The maximum atomic E-state index is 12.6. The first-order valence-corrected chi connectivity index (χ1v) is 8.48. The van der Waals surface area contributed by atoms with Crippen molar-refractivity contribution in [2.75, 3.05) is 7.11 Å². The molecule has 0 fully saturated rings. The first-order valence-electron chi connectivity index (χ1n) is 8.48. The Morgan fingerprint density at radius 3 is 2.41 bits per heavy atom. The number of hydrogen-bond donors (Lipinski definition) is 0. The number of carbonyl (C=O) groups excluding carboxylic acids is 2. The van der Waals surface area contributed by atoms with Crippen molar-refractivity contribution in [2.24, 2.45) is 0 Å². The molecule has 2 aliphatic heterocycles. The van der Waals surface area contributed by atoms with Crippen molar-refractivity contribution in [3.05, 3.63) is 94.5 Å². The lowest BCUT2D eigenvalue weighted by atomic mass is 9.77. The lowest BCUT2D eigenvalue weighted by molar-refractivity contribution is 0.0223. The van der Waals surface area contributed by atoms with Gasteiger partial charge in [0.15, 0.2) is 5.60 Å². The Kier molecular flexibility index (Phi) is 3.15. The number of esters is 2. The van der Waals surface area contributed by atoms with Crippen LogP contribution in [0, 0.1) is 0 Å². The zero-order valence-corrected chi connectivity index (χ0v) is 14.4. The molecule has 0 aromatic heterocycles. The van der Waals surface area contributed by atoms with Gasteiger partial charge in [0.2, 0.25) is 0 Å². The second kappa shape index (κ2) is 5.45. The fraction of sp³-hybridized carbons (Fsp3) is 0.0909. The minimum absolute atomic E-state index is 0.364. The number of benzene rings is 3. The van der Waals surface area contributed by atoms with Crippen LogP contribution >= 0.6 is 0 Å². The van der Waals surface area contributed by atoms with Crippen LogP contribution in [0.2, 0.25) is 0 Å². The zero-order chi connectivity index (χ0) is 18.6. The molecule has 3 aromatic rings. The van der Waals surface area contributed by atoms with Gasteiger partial charge in [-0.15, -0.1) is 0 Å². The van der Waals surface area contributed by atoms with Crippen LogP contribution in [0.5, 0.6) is 11.5 Å². The number of para-hydroxylation sites is 1. The molecule has 0 bridgehead atoms. The van der Waals surface area contributed by atoms with E-state index in [2.05, 4.69) is 0 Å². The molecule has 3 aromatic carbocycles. The van der Waals surface area contributed by atoms with E-state index in [0.29, 0.717) is 28.2 Å². The second-order valence-electron chi connectivity index (χ2n) is 6.42. The smallest absolute Gasteiger partial charge is 0.340 e. The molecular formula is C22H14O5. The standard InChI is InChI=1S/C22H14O5/c1-25-20(23)13-10-11-17-19(12-13)26-18-9-5-4-8-16(18)22(17)15-7-3-2-6-14(15)21(24)27-22/h2-12H,1H3. The third-order valence-electron chi connectivity index (χ3n) is 5.04.